The summed E-state index contributed by atoms with van der Waals surface area (Å²) in [5.74, 6) is -0.438. The van der Waals surface area contributed by atoms with Gasteiger partial charge in [-0.2, -0.15) is 0 Å². The molecule has 1 unspecified atom stereocenters. The lowest BCUT2D eigenvalue weighted by Gasteiger charge is -2.25. The molecular weight excluding hydrogens is 298 g/mol. The van der Waals surface area contributed by atoms with E-state index in [2.05, 4.69) is 53.8 Å². The van der Waals surface area contributed by atoms with E-state index in [1.54, 1.807) is 0 Å². The molecule has 0 saturated heterocycles. The molecule has 3 nitrogen and oxygen atoms in total. The molecule has 0 spiro atoms. The van der Waals surface area contributed by atoms with Crippen LogP contribution in [-0.2, 0) is 4.79 Å². The average molecular weight is 321 g/mol. The van der Waals surface area contributed by atoms with Crippen molar-refractivity contribution < 1.29 is 9.90 Å². The van der Waals surface area contributed by atoms with E-state index in [0.29, 0.717) is 24.1 Å². The van der Waals surface area contributed by atoms with E-state index in [4.69, 9.17) is 5.11 Å². The number of aliphatic carboxylic acids is 1. The second-order valence-electron chi connectivity index (χ2n) is 6.30. The Hall–Kier alpha value is -2.39. The van der Waals surface area contributed by atoms with Gasteiger partial charge in [-0.3, -0.25) is 0 Å². The summed E-state index contributed by atoms with van der Waals surface area (Å²) in [5.41, 5.74) is 3.15. The average Bonchev–Trinajstić information content (AvgIpc) is 2.64. The van der Waals surface area contributed by atoms with Gasteiger partial charge < -0.3 is 10.4 Å². The second kappa shape index (κ2) is 7.93. The number of hydrogen-bond acceptors (Lipinski definition) is 2. The molecule has 0 fully saturated rings. The van der Waals surface area contributed by atoms with E-state index in [-0.39, 0.29) is 0 Å². The van der Waals surface area contributed by atoms with Gasteiger partial charge >= 0.3 is 5.97 Å². The van der Waals surface area contributed by atoms with Crippen LogP contribution in [-0.4, -0.2) is 23.7 Å². The number of carboxylic acid groups (broad SMARTS) is 1. The molecule has 1 aliphatic heterocycles. The zero-order chi connectivity index (χ0) is 16.8. The van der Waals surface area contributed by atoms with Crippen LogP contribution in [0.5, 0.6) is 0 Å². The van der Waals surface area contributed by atoms with Gasteiger partial charge in [-0.15, -0.1) is 0 Å². The minimum Gasteiger partial charge on any atom is -0.478 e. The summed E-state index contributed by atoms with van der Waals surface area (Å²) in [7, 11) is 0. The summed E-state index contributed by atoms with van der Waals surface area (Å²) in [5, 5.41) is 12.4. The molecule has 0 aliphatic carbocycles. The Balaban J connectivity index is 1.69. The molecule has 2 aromatic rings. The van der Waals surface area contributed by atoms with Gasteiger partial charge in [-0.1, -0.05) is 66.7 Å². The molecule has 0 aromatic heterocycles. The molecular formula is C21H23NO2. The quantitative estimate of drug-likeness (QED) is 0.846. The Kier molecular flexibility index (Phi) is 5.44. The Labute approximate surface area is 143 Å². The molecule has 0 radical (unpaired) electrons. The highest BCUT2D eigenvalue weighted by atomic mass is 16.4. The van der Waals surface area contributed by atoms with Crippen LogP contribution in [0.2, 0.25) is 0 Å². The van der Waals surface area contributed by atoms with Crippen molar-refractivity contribution in [2.45, 2.75) is 31.2 Å². The number of carbonyl (C=O) groups is 1. The van der Waals surface area contributed by atoms with Gasteiger partial charge in [0.2, 0.25) is 0 Å². The fourth-order valence-corrected chi connectivity index (χ4v) is 3.34. The second-order valence-corrected chi connectivity index (χ2v) is 6.30. The molecule has 24 heavy (non-hydrogen) atoms. The summed E-state index contributed by atoms with van der Waals surface area (Å²) < 4.78 is 0. The summed E-state index contributed by atoms with van der Waals surface area (Å²) in [6.45, 7) is 0.460. The lowest BCUT2D eigenvalue weighted by atomic mass is 9.85. The van der Waals surface area contributed by atoms with Crippen LogP contribution >= 0.6 is 0 Å². The maximum Gasteiger partial charge on any atom is 0.332 e. The van der Waals surface area contributed by atoms with Gasteiger partial charge in [0, 0.05) is 24.1 Å². The number of hydrogen-bond donors (Lipinski definition) is 2. The SMILES string of the molecule is O=C(O)C1=CCC(CCC(c2ccccc2)c2ccccc2)NC1. The maximum atomic E-state index is 11.0. The minimum atomic E-state index is -0.813. The van der Waals surface area contributed by atoms with Crippen LogP contribution in [0.4, 0.5) is 0 Å². The van der Waals surface area contributed by atoms with Crippen molar-refractivity contribution in [2.75, 3.05) is 6.54 Å². The van der Waals surface area contributed by atoms with E-state index in [1.165, 1.54) is 11.1 Å². The largest absolute Gasteiger partial charge is 0.478 e. The first kappa shape index (κ1) is 16.5. The predicted octanol–water partition coefficient (Wildman–Crippen LogP) is 3.97. The smallest absolute Gasteiger partial charge is 0.332 e. The third-order valence-corrected chi connectivity index (χ3v) is 4.71. The molecule has 1 atom stereocenters. The van der Waals surface area contributed by atoms with Crippen LogP contribution in [0.1, 0.15) is 36.3 Å². The highest BCUT2D eigenvalue weighted by molar-refractivity contribution is 5.87. The van der Waals surface area contributed by atoms with Gasteiger partial charge in [0.1, 0.15) is 0 Å². The zero-order valence-electron chi connectivity index (χ0n) is 13.7. The molecule has 0 bridgehead atoms. The molecule has 0 saturated carbocycles. The van der Waals surface area contributed by atoms with Crippen molar-refractivity contribution in [1.82, 2.24) is 5.32 Å². The molecule has 1 heterocycles. The highest BCUT2D eigenvalue weighted by Crippen LogP contribution is 2.30. The van der Waals surface area contributed by atoms with Crippen LogP contribution in [0, 0.1) is 0 Å². The first-order valence-electron chi connectivity index (χ1n) is 8.49. The topological polar surface area (TPSA) is 49.3 Å². The van der Waals surface area contributed by atoms with Gasteiger partial charge in [0.25, 0.3) is 0 Å². The molecule has 3 heteroatoms. The zero-order valence-corrected chi connectivity index (χ0v) is 13.7. The molecule has 1 aliphatic rings. The number of benzene rings is 2. The number of carboxylic acids is 1. The first-order valence-corrected chi connectivity index (χ1v) is 8.49. The maximum absolute atomic E-state index is 11.0. The fourth-order valence-electron chi connectivity index (χ4n) is 3.34. The van der Waals surface area contributed by atoms with E-state index in [0.717, 1.165) is 19.3 Å². The van der Waals surface area contributed by atoms with Crippen molar-refractivity contribution in [3.05, 3.63) is 83.4 Å². The van der Waals surface area contributed by atoms with E-state index < -0.39 is 5.97 Å². The molecule has 0 amide bonds. The summed E-state index contributed by atoms with van der Waals surface area (Å²) >= 11 is 0. The van der Waals surface area contributed by atoms with Gasteiger partial charge in [0.05, 0.1) is 0 Å². The Morgan fingerprint density at radius 3 is 2.08 bits per heavy atom. The molecule has 2 aromatic carbocycles. The van der Waals surface area contributed by atoms with Crippen molar-refractivity contribution in [2.24, 2.45) is 0 Å². The van der Waals surface area contributed by atoms with Crippen LogP contribution in [0.25, 0.3) is 0 Å². The first-order chi connectivity index (χ1) is 11.7. The monoisotopic (exact) mass is 321 g/mol. The third-order valence-electron chi connectivity index (χ3n) is 4.71. The summed E-state index contributed by atoms with van der Waals surface area (Å²) in [4.78, 5) is 11.0. The van der Waals surface area contributed by atoms with Crippen LogP contribution in [0.3, 0.4) is 0 Å². The minimum absolute atomic E-state index is 0.350. The fraction of sp³-hybridized carbons (Fsp3) is 0.286. The summed E-state index contributed by atoms with van der Waals surface area (Å²) in [6, 6.07) is 21.6. The third kappa shape index (κ3) is 4.12. The normalized spacial score (nSPS) is 17.5. The Morgan fingerprint density at radius 2 is 1.62 bits per heavy atom. The van der Waals surface area contributed by atoms with Crippen molar-refractivity contribution in [1.29, 1.82) is 0 Å². The lowest BCUT2D eigenvalue weighted by molar-refractivity contribution is -0.132. The van der Waals surface area contributed by atoms with E-state index in [1.807, 2.05) is 18.2 Å². The standard InChI is InChI=1S/C21H23NO2/c23-21(24)18-11-12-19(22-15-18)13-14-20(16-7-3-1-4-8-16)17-9-5-2-6-10-17/h1-11,19-20,22H,12-15H2,(H,23,24). The van der Waals surface area contributed by atoms with Crippen molar-refractivity contribution in [3.8, 4) is 0 Å². The van der Waals surface area contributed by atoms with Crippen molar-refractivity contribution >= 4 is 5.97 Å². The van der Waals surface area contributed by atoms with Crippen LogP contribution in [0.15, 0.2) is 72.3 Å². The summed E-state index contributed by atoms with van der Waals surface area (Å²) in [6.07, 6.45) is 4.72. The van der Waals surface area contributed by atoms with Gasteiger partial charge in [-0.25, -0.2) is 4.79 Å². The van der Waals surface area contributed by atoms with Crippen LogP contribution < -0.4 is 5.32 Å². The lowest BCUT2D eigenvalue weighted by Crippen LogP contribution is -2.35. The van der Waals surface area contributed by atoms with E-state index >= 15 is 0 Å². The van der Waals surface area contributed by atoms with Gasteiger partial charge in [-0.05, 0) is 30.4 Å². The Morgan fingerprint density at radius 1 is 1.04 bits per heavy atom. The molecule has 3 rings (SSSR count). The number of nitrogens with one attached hydrogen (secondary N) is 1. The Bertz CT molecular complexity index is 655. The predicted molar refractivity (Wildman–Crippen MR) is 96.1 cm³/mol. The number of rotatable bonds is 6. The van der Waals surface area contributed by atoms with E-state index in [9.17, 15) is 4.79 Å². The van der Waals surface area contributed by atoms with Gasteiger partial charge in [0.15, 0.2) is 0 Å². The highest BCUT2D eigenvalue weighted by Gasteiger charge is 2.20. The molecule has 2 N–H and O–H groups in total. The molecule has 124 valence electrons. The van der Waals surface area contributed by atoms with Crippen molar-refractivity contribution in [3.63, 3.8) is 0 Å².